The summed E-state index contributed by atoms with van der Waals surface area (Å²) >= 11 is 0. The van der Waals surface area contributed by atoms with E-state index in [9.17, 15) is 13.2 Å². The average molecular weight is 363 g/mol. The van der Waals surface area contributed by atoms with Crippen LogP contribution < -0.4 is 0 Å². The third kappa shape index (κ3) is 4.03. The lowest BCUT2D eigenvalue weighted by atomic mass is 10.1. The van der Waals surface area contributed by atoms with Gasteiger partial charge in [-0.25, -0.2) is 13.4 Å². The summed E-state index contributed by atoms with van der Waals surface area (Å²) in [6.07, 6.45) is 2.75. The Hall–Kier alpha value is -1.89. The maximum absolute atomic E-state index is 12.6. The smallest absolute Gasteiger partial charge is 0.242 e. The van der Waals surface area contributed by atoms with Gasteiger partial charge >= 0.3 is 0 Å². The van der Waals surface area contributed by atoms with Gasteiger partial charge < -0.3 is 9.47 Å². The van der Waals surface area contributed by atoms with Gasteiger partial charge in [-0.2, -0.15) is 0 Å². The molecule has 3 rings (SSSR count). The Bertz CT molecular complexity index is 849. The topological polar surface area (TPSA) is 72.3 Å². The van der Waals surface area contributed by atoms with Crippen LogP contribution in [0.1, 0.15) is 26.7 Å². The maximum Gasteiger partial charge on any atom is 0.242 e. The van der Waals surface area contributed by atoms with E-state index >= 15 is 0 Å². The minimum Gasteiger partial charge on any atom is -0.341 e. The molecular weight excluding hydrogens is 338 g/mol. The fraction of sp³-hybridized carbons (Fsp3) is 0.556. The molecule has 0 bridgehead atoms. The largest absolute Gasteiger partial charge is 0.341 e. The Morgan fingerprint density at radius 3 is 2.60 bits per heavy atom. The van der Waals surface area contributed by atoms with E-state index in [2.05, 4.69) is 4.98 Å². The van der Waals surface area contributed by atoms with Gasteiger partial charge in [0, 0.05) is 13.1 Å². The van der Waals surface area contributed by atoms with Crippen LogP contribution >= 0.6 is 0 Å². The molecule has 0 unspecified atom stereocenters. The predicted octanol–water partition coefficient (Wildman–Crippen LogP) is 2.10. The molecule has 0 spiro atoms. The standard InChI is InChI=1S/C18H25N3O3S/c1-14(2)12-25(23,24)15-7-9-20(10-8-15)18(22)11-21-13-19-16-5-3-4-6-17(16)21/h3-6,13-15H,7-12H2,1-2H3. The number of carbonyl (C=O) groups excluding carboxylic acids is 1. The monoisotopic (exact) mass is 363 g/mol. The van der Waals surface area contributed by atoms with E-state index in [1.165, 1.54) is 0 Å². The van der Waals surface area contributed by atoms with Gasteiger partial charge in [0.1, 0.15) is 6.54 Å². The van der Waals surface area contributed by atoms with Crippen LogP contribution in [0.15, 0.2) is 30.6 Å². The van der Waals surface area contributed by atoms with Crippen molar-refractivity contribution in [2.75, 3.05) is 18.8 Å². The molecule has 136 valence electrons. The van der Waals surface area contributed by atoms with E-state index in [4.69, 9.17) is 0 Å². The highest BCUT2D eigenvalue weighted by molar-refractivity contribution is 7.92. The van der Waals surface area contributed by atoms with Gasteiger partial charge in [-0.1, -0.05) is 26.0 Å². The summed E-state index contributed by atoms with van der Waals surface area (Å²) in [5.74, 6) is 0.383. The molecule has 0 radical (unpaired) electrons. The van der Waals surface area contributed by atoms with Crippen LogP contribution in [0, 0.1) is 5.92 Å². The summed E-state index contributed by atoms with van der Waals surface area (Å²) in [5, 5.41) is -0.312. The third-order valence-corrected chi connectivity index (χ3v) is 7.32. The Labute approximate surface area is 148 Å². The second-order valence-corrected chi connectivity index (χ2v) is 9.49. The van der Waals surface area contributed by atoms with Crippen molar-refractivity contribution in [3.05, 3.63) is 30.6 Å². The molecule has 7 heteroatoms. The summed E-state index contributed by atoms with van der Waals surface area (Å²) in [6.45, 7) is 5.10. The van der Waals surface area contributed by atoms with Crippen LogP contribution in [0.25, 0.3) is 11.0 Å². The fourth-order valence-corrected chi connectivity index (χ4v) is 5.58. The molecule has 1 aliphatic rings. The number of para-hydroxylation sites is 2. The first kappa shape index (κ1) is 17.9. The Morgan fingerprint density at radius 1 is 1.24 bits per heavy atom. The quantitative estimate of drug-likeness (QED) is 0.815. The van der Waals surface area contributed by atoms with Crippen LogP contribution in [0.5, 0.6) is 0 Å². The summed E-state index contributed by atoms with van der Waals surface area (Å²) in [4.78, 5) is 18.6. The van der Waals surface area contributed by atoms with Crippen LogP contribution in [0.3, 0.4) is 0 Å². The molecule has 1 amide bonds. The van der Waals surface area contributed by atoms with Gasteiger partial charge in [-0.05, 0) is 30.9 Å². The van der Waals surface area contributed by atoms with Gasteiger partial charge in [-0.3, -0.25) is 4.79 Å². The van der Waals surface area contributed by atoms with Gasteiger partial charge in [0.15, 0.2) is 9.84 Å². The van der Waals surface area contributed by atoms with Crippen LogP contribution in [0.2, 0.25) is 0 Å². The lowest BCUT2D eigenvalue weighted by Crippen LogP contribution is -2.44. The second kappa shape index (κ2) is 7.15. The molecule has 0 aliphatic carbocycles. The molecule has 0 N–H and O–H groups in total. The van der Waals surface area contributed by atoms with E-state index in [1.807, 2.05) is 42.7 Å². The summed E-state index contributed by atoms with van der Waals surface area (Å²) < 4.78 is 26.6. The Balaban J connectivity index is 1.60. The molecule has 1 aromatic heterocycles. The maximum atomic E-state index is 12.6. The fourth-order valence-electron chi connectivity index (χ4n) is 3.45. The molecule has 0 saturated carbocycles. The van der Waals surface area contributed by atoms with Crippen molar-refractivity contribution in [1.29, 1.82) is 0 Å². The molecule has 25 heavy (non-hydrogen) atoms. The molecule has 1 aliphatic heterocycles. The van der Waals surface area contributed by atoms with Crippen molar-refractivity contribution in [1.82, 2.24) is 14.5 Å². The summed E-state index contributed by atoms with van der Waals surface area (Å²) in [5.41, 5.74) is 1.80. The van der Waals surface area contributed by atoms with Crippen molar-refractivity contribution in [2.45, 2.75) is 38.5 Å². The number of nitrogens with zero attached hydrogens (tertiary/aromatic N) is 3. The first-order chi connectivity index (χ1) is 11.9. The number of fused-ring (bicyclic) bond motifs is 1. The highest BCUT2D eigenvalue weighted by atomic mass is 32.2. The first-order valence-electron chi connectivity index (χ1n) is 8.76. The number of hydrogen-bond acceptors (Lipinski definition) is 4. The molecule has 1 fully saturated rings. The molecule has 0 atom stereocenters. The zero-order chi connectivity index (χ0) is 18.0. The lowest BCUT2D eigenvalue weighted by Gasteiger charge is -2.32. The molecule has 2 aromatic rings. The van der Waals surface area contributed by atoms with Crippen LogP contribution in [-0.2, 0) is 21.2 Å². The van der Waals surface area contributed by atoms with Gasteiger partial charge in [-0.15, -0.1) is 0 Å². The SMILES string of the molecule is CC(C)CS(=O)(=O)C1CCN(C(=O)Cn2cnc3ccccc32)CC1. The van der Waals surface area contributed by atoms with Crippen molar-refractivity contribution in [3.8, 4) is 0 Å². The van der Waals surface area contributed by atoms with Crippen molar-refractivity contribution < 1.29 is 13.2 Å². The molecule has 1 aromatic carbocycles. The van der Waals surface area contributed by atoms with E-state index in [1.54, 1.807) is 11.2 Å². The average Bonchev–Trinajstić information content (AvgIpc) is 2.97. The predicted molar refractivity (Wildman–Crippen MR) is 98.0 cm³/mol. The number of likely N-dealkylation sites (tertiary alicyclic amines) is 1. The van der Waals surface area contributed by atoms with Gasteiger partial charge in [0.25, 0.3) is 0 Å². The molecule has 6 nitrogen and oxygen atoms in total. The number of hydrogen-bond donors (Lipinski definition) is 0. The number of imidazole rings is 1. The number of benzene rings is 1. The minimum atomic E-state index is -3.06. The first-order valence-corrected chi connectivity index (χ1v) is 10.5. The number of sulfone groups is 1. The second-order valence-electron chi connectivity index (χ2n) is 7.16. The van der Waals surface area contributed by atoms with Crippen molar-refractivity contribution in [3.63, 3.8) is 0 Å². The number of carbonyl (C=O) groups is 1. The highest BCUT2D eigenvalue weighted by Gasteiger charge is 2.31. The number of aromatic nitrogens is 2. The minimum absolute atomic E-state index is 0.0165. The zero-order valence-corrected chi connectivity index (χ0v) is 15.6. The van der Waals surface area contributed by atoms with Crippen LogP contribution in [0.4, 0.5) is 0 Å². The number of amides is 1. The van der Waals surface area contributed by atoms with E-state index in [0.717, 1.165) is 11.0 Å². The van der Waals surface area contributed by atoms with E-state index in [0.29, 0.717) is 25.9 Å². The number of rotatable bonds is 5. The molecular formula is C18H25N3O3S. The van der Waals surface area contributed by atoms with Crippen LogP contribution in [-0.4, -0.2) is 52.9 Å². The summed E-state index contributed by atoms with van der Waals surface area (Å²) in [7, 11) is -3.06. The van der Waals surface area contributed by atoms with Gasteiger partial charge in [0.05, 0.1) is 28.4 Å². The Morgan fingerprint density at radius 2 is 1.92 bits per heavy atom. The van der Waals surface area contributed by atoms with Crippen molar-refractivity contribution in [2.24, 2.45) is 5.92 Å². The molecule has 2 heterocycles. The normalized spacial score (nSPS) is 16.7. The summed E-state index contributed by atoms with van der Waals surface area (Å²) in [6, 6.07) is 7.71. The Kier molecular flexibility index (Phi) is 5.13. The van der Waals surface area contributed by atoms with E-state index in [-0.39, 0.29) is 29.4 Å². The van der Waals surface area contributed by atoms with E-state index < -0.39 is 9.84 Å². The number of piperidine rings is 1. The highest BCUT2D eigenvalue weighted by Crippen LogP contribution is 2.21. The van der Waals surface area contributed by atoms with Crippen molar-refractivity contribution >= 4 is 26.8 Å². The zero-order valence-electron chi connectivity index (χ0n) is 14.8. The lowest BCUT2D eigenvalue weighted by molar-refractivity contribution is -0.132. The third-order valence-electron chi connectivity index (χ3n) is 4.70. The molecule has 1 saturated heterocycles. The van der Waals surface area contributed by atoms with Gasteiger partial charge in [0.2, 0.25) is 5.91 Å².